The number of nitrogens with zero attached hydrogens (tertiary/aromatic N) is 1. The lowest BCUT2D eigenvalue weighted by atomic mass is 10.0. The van der Waals surface area contributed by atoms with Crippen LogP contribution in [0.3, 0.4) is 0 Å². The molecule has 1 aromatic heterocycles. The van der Waals surface area contributed by atoms with Gasteiger partial charge in [0.2, 0.25) is 0 Å². The third kappa shape index (κ3) is 0.743. The van der Waals surface area contributed by atoms with Crippen molar-refractivity contribution in [3.05, 3.63) is 17.5 Å². The zero-order valence-corrected chi connectivity index (χ0v) is 6.02. The van der Waals surface area contributed by atoms with Gasteiger partial charge >= 0.3 is 0 Å². The van der Waals surface area contributed by atoms with Crippen LogP contribution in [0.4, 0.5) is 0 Å². The van der Waals surface area contributed by atoms with Gasteiger partial charge in [0, 0.05) is 30.3 Å². The average molecular weight is 137 g/mol. The number of nitrogens with one attached hydrogen (secondary N) is 2. The molecule has 10 heavy (non-hydrogen) atoms. The van der Waals surface area contributed by atoms with E-state index in [0.717, 1.165) is 13.0 Å². The van der Waals surface area contributed by atoms with Gasteiger partial charge in [-0.25, -0.2) is 0 Å². The van der Waals surface area contributed by atoms with E-state index in [2.05, 4.69) is 22.4 Å². The predicted molar refractivity (Wildman–Crippen MR) is 38.7 cm³/mol. The summed E-state index contributed by atoms with van der Waals surface area (Å²) < 4.78 is 0. The maximum absolute atomic E-state index is 3.99. The molecule has 0 fully saturated rings. The molecule has 1 unspecified atom stereocenters. The van der Waals surface area contributed by atoms with E-state index in [9.17, 15) is 0 Å². The smallest absolute Gasteiger partial charge is 0.0537 e. The number of aromatic amines is 1. The number of aromatic nitrogens is 2. The zero-order valence-electron chi connectivity index (χ0n) is 6.02. The quantitative estimate of drug-likeness (QED) is 0.550. The summed E-state index contributed by atoms with van der Waals surface area (Å²) in [6.45, 7) is 3.23. The topological polar surface area (TPSA) is 40.7 Å². The molecule has 2 N–H and O–H groups in total. The summed E-state index contributed by atoms with van der Waals surface area (Å²) >= 11 is 0. The normalized spacial score (nSPS) is 24.3. The molecule has 1 aromatic rings. The number of H-pyrrole nitrogens is 1. The highest BCUT2D eigenvalue weighted by atomic mass is 15.1. The Kier molecular flexibility index (Phi) is 1.24. The molecule has 0 aromatic carbocycles. The summed E-state index contributed by atoms with van der Waals surface area (Å²) in [6, 6.07) is 0.475. The van der Waals surface area contributed by atoms with Gasteiger partial charge < -0.3 is 5.32 Å². The van der Waals surface area contributed by atoms with Crippen molar-refractivity contribution < 1.29 is 0 Å². The molecule has 0 radical (unpaired) electrons. The highest BCUT2D eigenvalue weighted by Gasteiger charge is 2.16. The van der Waals surface area contributed by atoms with Crippen molar-refractivity contribution in [2.24, 2.45) is 0 Å². The Morgan fingerprint density at radius 3 is 3.40 bits per heavy atom. The van der Waals surface area contributed by atoms with E-state index in [1.807, 2.05) is 6.20 Å². The van der Waals surface area contributed by atoms with Gasteiger partial charge in [0.25, 0.3) is 0 Å². The van der Waals surface area contributed by atoms with Crippen molar-refractivity contribution in [2.45, 2.75) is 19.4 Å². The summed E-state index contributed by atoms with van der Waals surface area (Å²) in [4.78, 5) is 0. The van der Waals surface area contributed by atoms with E-state index in [-0.39, 0.29) is 0 Å². The maximum atomic E-state index is 3.99. The lowest BCUT2D eigenvalue weighted by Gasteiger charge is -2.18. The van der Waals surface area contributed by atoms with E-state index < -0.39 is 0 Å². The van der Waals surface area contributed by atoms with Crippen molar-refractivity contribution in [1.29, 1.82) is 0 Å². The Bertz CT molecular complexity index is 229. The molecule has 0 saturated carbocycles. The van der Waals surface area contributed by atoms with Crippen LogP contribution in [0.1, 0.15) is 24.2 Å². The van der Waals surface area contributed by atoms with Crippen LogP contribution in [-0.4, -0.2) is 16.7 Å². The Balaban J connectivity index is 2.41. The zero-order chi connectivity index (χ0) is 6.97. The molecule has 3 heteroatoms. The molecular formula is C7H11N3. The molecule has 1 aliphatic heterocycles. The van der Waals surface area contributed by atoms with Crippen LogP contribution in [0.25, 0.3) is 0 Å². The van der Waals surface area contributed by atoms with E-state index in [1.54, 1.807) is 0 Å². The standard InChI is InChI=1S/C7H11N3/c1-5-6-4-9-10-7(6)2-3-8-5/h4-5,8H,2-3H2,1H3,(H,9,10). The third-order valence-corrected chi connectivity index (χ3v) is 2.04. The van der Waals surface area contributed by atoms with Gasteiger partial charge in [-0.15, -0.1) is 0 Å². The lowest BCUT2D eigenvalue weighted by molar-refractivity contribution is 0.538. The van der Waals surface area contributed by atoms with Crippen molar-refractivity contribution in [3.8, 4) is 0 Å². The number of hydrogen-bond acceptors (Lipinski definition) is 2. The first-order valence-electron chi connectivity index (χ1n) is 3.63. The Morgan fingerprint density at radius 1 is 1.70 bits per heavy atom. The molecule has 54 valence electrons. The van der Waals surface area contributed by atoms with Crippen LogP contribution in [0, 0.1) is 0 Å². The van der Waals surface area contributed by atoms with Gasteiger partial charge in [-0.05, 0) is 6.92 Å². The second kappa shape index (κ2) is 2.09. The van der Waals surface area contributed by atoms with E-state index in [0.29, 0.717) is 6.04 Å². The molecule has 0 bridgehead atoms. The molecule has 0 saturated heterocycles. The molecule has 2 heterocycles. The van der Waals surface area contributed by atoms with E-state index in [4.69, 9.17) is 0 Å². The van der Waals surface area contributed by atoms with Crippen LogP contribution < -0.4 is 5.32 Å². The fraction of sp³-hybridized carbons (Fsp3) is 0.571. The van der Waals surface area contributed by atoms with Gasteiger partial charge in [0.05, 0.1) is 6.20 Å². The van der Waals surface area contributed by atoms with Crippen LogP contribution in [0.5, 0.6) is 0 Å². The fourth-order valence-corrected chi connectivity index (χ4v) is 1.42. The molecule has 1 aliphatic rings. The number of hydrogen-bond donors (Lipinski definition) is 2. The van der Waals surface area contributed by atoms with E-state index in [1.165, 1.54) is 11.3 Å². The maximum Gasteiger partial charge on any atom is 0.0537 e. The highest BCUT2D eigenvalue weighted by Crippen LogP contribution is 2.18. The highest BCUT2D eigenvalue weighted by molar-refractivity contribution is 5.22. The number of rotatable bonds is 0. The minimum absolute atomic E-state index is 0.475. The molecule has 0 aliphatic carbocycles. The molecular weight excluding hydrogens is 126 g/mol. The summed E-state index contributed by atoms with van der Waals surface area (Å²) in [5.41, 5.74) is 2.62. The van der Waals surface area contributed by atoms with E-state index >= 15 is 0 Å². The average Bonchev–Trinajstić information content (AvgIpc) is 2.36. The minimum Gasteiger partial charge on any atom is -0.310 e. The van der Waals surface area contributed by atoms with Crippen molar-refractivity contribution >= 4 is 0 Å². The van der Waals surface area contributed by atoms with Crippen molar-refractivity contribution in [2.75, 3.05) is 6.54 Å². The largest absolute Gasteiger partial charge is 0.310 e. The fourth-order valence-electron chi connectivity index (χ4n) is 1.42. The summed E-state index contributed by atoms with van der Waals surface area (Å²) in [5.74, 6) is 0. The number of fused-ring (bicyclic) bond motifs is 1. The first-order valence-corrected chi connectivity index (χ1v) is 3.63. The van der Waals surface area contributed by atoms with Gasteiger partial charge in [-0.3, -0.25) is 5.10 Å². The molecule has 1 atom stereocenters. The van der Waals surface area contributed by atoms with Crippen molar-refractivity contribution in [1.82, 2.24) is 15.5 Å². The molecule has 0 spiro atoms. The van der Waals surface area contributed by atoms with Crippen LogP contribution >= 0.6 is 0 Å². The first kappa shape index (κ1) is 5.92. The predicted octanol–water partition coefficient (Wildman–Crippen LogP) is 0.616. The summed E-state index contributed by atoms with van der Waals surface area (Å²) in [5, 5.41) is 10.4. The second-order valence-electron chi connectivity index (χ2n) is 2.73. The minimum atomic E-state index is 0.475. The summed E-state index contributed by atoms with van der Waals surface area (Å²) in [6.07, 6.45) is 2.99. The Hall–Kier alpha value is -0.830. The van der Waals surface area contributed by atoms with Crippen molar-refractivity contribution in [3.63, 3.8) is 0 Å². The summed E-state index contributed by atoms with van der Waals surface area (Å²) in [7, 11) is 0. The molecule has 0 amide bonds. The molecule has 2 rings (SSSR count). The Morgan fingerprint density at radius 2 is 2.60 bits per heavy atom. The van der Waals surface area contributed by atoms with Gasteiger partial charge in [-0.2, -0.15) is 5.10 Å². The van der Waals surface area contributed by atoms with Crippen LogP contribution in [0.15, 0.2) is 6.20 Å². The first-order chi connectivity index (χ1) is 4.88. The van der Waals surface area contributed by atoms with Gasteiger partial charge in [0.1, 0.15) is 0 Å². The SMILES string of the molecule is CC1NCCc2[nH]ncc21. The van der Waals surface area contributed by atoms with Gasteiger partial charge in [0.15, 0.2) is 0 Å². The lowest BCUT2D eigenvalue weighted by Crippen LogP contribution is -2.26. The van der Waals surface area contributed by atoms with Crippen LogP contribution in [-0.2, 0) is 6.42 Å². The van der Waals surface area contributed by atoms with Gasteiger partial charge in [-0.1, -0.05) is 0 Å². The molecule has 3 nitrogen and oxygen atoms in total. The monoisotopic (exact) mass is 137 g/mol. The third-order valence-electron chi connectivity index (χ3n) is 2.04. The second-order valence-corrected chi connectivity index (χ2v) is 2.73. The van der Waals surface area contributed by atoms with Crippen LogP contribution in [0.2, 0.25) is 0 Å². The Labute approximate surface area is 59.8 Å².